The smallest absolute Gasteiger partial charge is 0.341 e. The Bertz CT molecular complexity index is 1530. The number of amides is 1. The molecule has 1 aliphatic carbocycles. The van der Waals surface area contributed by atoms with Gasteiger partial charge in [0.05, 0.1) is 18.4 Å². The second kappa shape index (κ2) is 8.96. The molecular weight excluding hydrogens is 502 g/mol. The van der Waals surface area contributed by atoms with Crippen molar-refractivity contribution in [2.75, 3.05) is 23.9 Å². The molecule has 4 heterocycles. The Morgan fingerprint density at radius 1 is 1.31 bits per heavy atom. The molecule has 35 heavy (non-hydrogen) atoms. The molecule has 5 rings (SSSR count). The van der Waals surface area contributed by atoms with E-state index in [9.17, 15) is 14.9 Å². The lowest BCUT2D eigenvalue weighted by Gasteiger charge is -2.18. The number of pyridine rings is 1. The maximum atomic E-state index is 13.4. The minimum atomic E-state index is -0.468. The van der Waals surface area contributed by atoms with Crippen LogP contribution in [0, 0.1) is 17.2 Å². The van der Waals surface area contributed by atoms with Gasteiger partial charge in [-0.05, 0) is 42.2 Å². The van der Waals surface area contributed by atoms with Crippen LogP contribution in [-0.2, 0) is 17.6 Å². The topological polar surface area (TPSA) is 144 Å². The van der Waals surface area contributed by atoms with E-state index >= 15 is 0 Å². The third-order valence-corrected chi connectivity index (χ3v) is 9.27. The number of hydrogen-bond acceptors (Lipinski definition) is 10. The monoisotopic (exact) mass is 523 g/mol. The number of fused-ring (bicyclic) bond motifs is 2. The zero-order chi connectivity index (χ0) is 24.9. The highest BCUT2D eigenvalue weighted by Gasteiger charge is 2.30. The number of carbonyl (C=O) groups is 2. The molecule has 11 heteroatoms. The number of thiophene rings is 3. The average Bonchev–Trinajstić information content (AvgIpc) is 3.55. The van der Waals surface area contributed by atoms with Crippen LogP contribution in [-0.4, -0.2) is 24.0 Å². The van der Waals surface area contributed by atoms with Gasteiger partial charge >= 0.3 is 5.97 Å². The Labute approximate surface area is 213 Å². The first-order valence-corrected chi connectivity index (χ1v) is 13.3. The van der Waals surface area contributed by atoms with E-state index in [1.54, 1.807) is 0 Å². The second-order valence-corrected chi connectivity index (χ2v) is 11.4. The van der Waals surface area contributed by atoms with Crippen molar-refractivity contribution in [2.45, 2.75) is 26.2 Å². The van der Waals surface area contributed by atoms with Gasteiger partial charge in [-0.2, -0.15) is 5.26 Å². The fourth-order valence-electron chi connectivity index (χ4n) is 4.44. The van der Waals surface area contributed by atoms with Crippen LogP contribution in [0.25, 0.3) is 20.7 Å². The molecule has 0 aliphatic heterocycles. The Kier molecular flexibility index (Phi) is 5.96. The van der Waals surface area contributed by atoms with Crippen molar-refractivity contribution in [2.24, 2.45) is 5.92 Å². The molecule has 4 aromatic rings. The SMILES string of the molecule is COC(=O)c1c(NC(=O)c2sc3nc(N)c(C#N)c(-c4cccs4)c3c2N)sc2c1CCC(C)C2. The number of nitrogens with two attached hydrogens (primary N) is 2. The summed E-state index contributed by atoms with van der Waals surface area (Å²) in [4.78, 5) is 33.0. The first kappa shape index (κ1) is 23.3. The molecular formula is C24H21N5O3S3. The number of ether oxygens (including phenoxy) is 1. The summed E-state index contributed by atoms with van der Waals surface area (Å²) in [5.41, 5.74) is 15.0. The van der Waals surface area contributed by atoms with Gasteiger partial charge in [0, 0.05) is 20.7 Å². The number of methoxy groups -OCH3 is 1. The number of carbonyl (C=O) groups excluding carboxylic acids is 2. The molecule has 0 aromatic carbocycles. The van der Waals surface area contributed by atoms with Crippen LogP contribution in [0.15, 0.2) is 17.5 Å². The Balaban J connectivity index is 1.61. The largest absolute Gasteiger partial charge is 0.465 e. The van der Waals surface area contributed by atoms with Gasteiger partial charge in [-0.1, -0.05) is 13.0 Å². The molecule has 0 fully saturated rings. The van der Waals surface area contributed by atoms with Crippen molar-refractivity contribution in [3.8, 4) is 16.5 Å². The lowest BCUT2D eigenvalue weighted by Crippen LogP contribution is -2.16. The lowest BCUT2D eigenvalue weighted by atomic mass is 9.88. The van der Waals surface area contributed by atoms with Gasteiger partial charge in [0.25, 0.3) is 5.91 Å². The van der Waals surface area contributed by atoms with Crippen molar-refractivity contribution in [1.82, 2.24) is 4.98 Å². The van der Waals surface area contributed by atoms with E-state index in [0.717, 1.165) is 45.9 Å². The molecule has 0 saturated carbocycles. The van der Waals surface area contributed by atoms with Crippen LogP contribution in [0.5, 0.6) is 0 Å². The summed E-state index contributed by atoms with van der Waals surface area (Å²) in [6.45, 7) is 2.18. The zero-order valence-electron chi connectivity index (χ0n) is 18.9. The molecule has 0 bridgehead atoms. The highest BCUT2D eigenvalue weighted by molar-refractivity contribution is 7.22. The predicted molar refractivity (Wildman–Crippen MR) is 141 cm³/mol. The second-order valence-electron chi connectivity index (χ2n) is 8.36. The first-order valence-electron chi connectivity index (χ1n) is 10.8. The molecule has 1 atom stereocenters. The Hall–Kier alpha value is -3.46. The summed E-state index contributed by atoms with van der Waals surface area (Å²) in [6, 6.07) is 5.87. The number of nitrogens with zero attached hydrogens (tertiary/aromatic N) is 2. The van der Waals surface area contributed by atoms with E-state index in [1.165, 1.54) is 29.8 Å². The molecule has 0 saturated heterocycles. The van der Waals surface area contributed by atoms with Gasteiger partial charge in [0.15, 0.2) is 0 Å². The number of nitrogens with one attached hydrogen (secondary N) is 1. The van der Waals surface area contributed by atoms with Crippen LogP contribution < -0.4 is 16.8 Å². The molecule has 5 N–H and O–H groups in total. The van der Waals surface area contributed by atoms with Gasteiger partial charge in [0.2, 0.25) is 0 Å². The van der Waals surface area contributed by atoms with E-state index in [0.29, 0.717) is 32.3 Å². The van der Waals surface area contributed by atoms with Gasteiger partial charge in [-0.15, -0.1) is 34.0 Å². The summed E-state index contributed by atoms with van der Waals surface area (Å²) < 4.78 is 5.02. The van der Waals surface area contributed by atoms with Crippen molar-refractivity contribution >= 4 is 72.6 Å². The quantitative estimate of drug-likeness (QED) is 0.308. The van der Waals surface area contributed by atoms with Gasteiger partial charge < -0.3 is 21.5 Å². The number of nitriles is 1. The molecule has 1 aliphatic rings. The summed E-state index contributed by atoms with van der Waals surface area (Å²) in [6.07, 6.45) is 2.60. The molecule has 1 unspecified atom stereocenters. The maximum Gasteiger partial charge on any atom is 0.341 e. The normalized spacial score (nSPS) is 14.9. The van der Waals surface area contributed by atoms with Crippen LogP contribution in [0.1, 0.15) is 49.4 Å². The van der Waals surface area contributed by atoms with E-state index in [-0.39, 0.29) is 21.9 Å². The molecule has 0 radical (unpaired) electrons. The van der Waals surface area contributed by atoms with E-state index in [4.69, 9.17) is 16.2 Å². The number of aromatic nitrogens is 1. The highest BCUT2D eigenvalue weighted by Crippen LogP contribution is 2.45. The van der Waals surface area contributed by atoms with Gasteiger partial charge in [0.1, 0.15) is 32.2 Å². The van der Waals surface area contributed by atoms with Gasteiger partial charge in [-0.3, -0.25) is 4.79 Å². The first-order chi connectivity index (χ1) is 16.8. The predicted octanol–water partition coefficient (Wildman–Crippen LogP) is 5.29. The minimum absolute atomic E-state index is 0.0876. The third kappa shape index (κ3) is 3.83. The summed E-state index contributed by atoms with van der Waals surface area (Å²) >= 11 is 3.96. The number of anilines is 3. The van der Waals surface area contributed by atoms with E-state index in [2.05, 4.69) is 23.3 Å². The molecule has 1 amide bonds. The summed E-state index contributed by atoms with van der Waals surface area (Å²) in [7, 11) is 1.34. The van der Waals surface area contributed by atoms with Crippen LogP contribution in [0.4, 0.5) is 16.5 Å². The molecule has 4 aromatic heterocycles. The molecule has 0 spiro atoms. The number of esters is 1. The van der Waals surface area contributed by atoms with Crippen molar-refractivity contribution in [3.05, 3.63) is 44.0 Å². The Morgan fingerprint density at radius 2 is 2.11 bits per heavy atom. The fraction of sp³-hybridized carbons (Fsp3) is 0.250. The summed E-state index contributed by atoms with van der Waals surface area (Å²) in [5, 5.41) is 15.5. The standard InChI is InChI=1S/C24H21N5O3S3/c1-10-5-6-11-14(8-10)34-22(16(11)24(31)32-2)29-21(30)19-18(26)17-15(13-4-3-7-33-13)12(9-25)20(27)28-23(17)35-19/h3-4,7,10H,5-6,8,26H2,1-2H3,(H2,27,28)(H,29,30). The van der Waals surface area contributed by atoms with Crippen LogP contribution in [0.3, 0.4) is 0 Å². The minimum Gasteiger partial charge on any atom is -0.465 e. The van der Waals surface area contributed by atoms with Gasteiger partial charge in [-0.25, -0.2) is 9.78 Å². The lowest BCUT2D eigenvalue weighted by molar-refractivity contribution is 0.0601. The highest BCUT2D eigenvalue weighted by atomic mass is 32.1. The van der Waals surface area contributed by atoms with Crippen LogP contribution >= 0.6 is 34.0 Å². The van der Waals surface area contributed by atoms with Crippen molar-refractivity contribution in [3.63, 3.8) is 0 Å². The zero-order valence-corrected chi connectivity index (χ0v) is 21.4. The van der Waals surface area contributed by atoms with E-state index < -0.39 is 11.9 Å². The van der Waals surface area contributed by atoms with Crippen molar-refractivity contribution in [1.29, 1.82) is 5.26 Å². The summed E-state index contributed by atoms with van der Waals surface area (Å²) in [5.74, 6) is -0.319. The third-order valence-electron chi connectivity index (χ3n) is 6.12. The van der Waals surface area contributed by atoms with Crippen LogP contribution in [0.2, 0.25) is 0 Å². The number of hydrogen-bond donors (Lipinski definition) is 3. The number of nitrogen functional groups attached to an aromatic ring is 2. The number of rotatable bonds is 4. The molecule has 8 nitrogen and oxygen atoms in total. The Morgan fingerprint density at radius 3 is 2.80 bits per heavy atom. The average molecular weight is 524 g/mol. The maximum absolute atomic E-state index is 13.4. The van der Waals surface area contributed by atoms with E-state index in [1.807, 2.05) is 17.5 Å². The van der Waals surface area contributed by atoms with Crippen molar-refractivity contribution < 1.29 is 14.3 Å². The molecule has 178 valence electrons. The fourth-order valence-corrected chi connectivity index (χ4v) is 7.62.